The number of hydrogen-bond acceptors (Lipinski definition) is 4. The van der Waals surface area contributed by atoms with Crippen LogP contribution in [0, 0.1) is 23.0 Å². The van der Waals surface area contributed by atoms with Crippen LogP contribution in [-0.2, 0) is 4.79 Å². The number of benzene rings is 1. The number of amides is 1. The molecule has 0 aliphatic heterocycles. The van der Waals surface area contributed by atoms with Gasteiger partial charge in [-0.1, -0.05) is 19.4 Å². The average Bonchev–Trinajstić information content (AvgIpc) is 2.42. The summed E-state index contributed by atoms with van der Waals surface area (Å²) in [5.41, 5.74) is 0.562. The van der Waals surface area contributed by atoms with Gasteiger partial charge in [-0.2, -0.15) is 0 Å². The molecule has 1 rings (SSSR count). The number of aryl methyl sites for hydroxylation is 1. The lowest BCUT2D eigenvalue weighted by molar-refractivity contribution is -0.385. The fourth-order valence-corrected chi connectivity index (χ4v) is 1.89. The van der Waals surface area contributed by atoms with Crippen molar-refractivity contribution < 1.29 is 19.6 Å². The molecule has 0 bridgehead atoms. The molecule has 114 valence electrons. The van der Waals surface area contributed by atoms with Crippen LogP contribution in [0.2, 0.25) is 0 Å². The fourth-order valence-electron chi connectivity index (χ4n) is 1.89. The van der Waals surface area contributed by atoms with Crippen LogP contribution in [0.1, 0.15) is 35.7 Å². The Morgan fingerprint density at radius 1 is 1.43 bits per heavy atom. The van der Waals surface area contributed by atoms with E-state index in [0.29, 0.717) is 12.0 Å². The first-order valence-corrected chi connectivity index (χ1v) is 6.60. The molecule has 1 aromatic carbocycles. The Morgan fingerprint density at radius 3 is 2.62 bits per heavy atom. The van der Waals surface area contributed by atoms with Gasteiger partial charge in [-0.3, -0.25) is 19.7 Å². The highest BCUT2D eigenvalue weighted by molar-refractivity contribution is 5.95. The molecule has 0 aromatic heterocycles. The van der Waals surface area contributed by atoms with Gasteiger partial charge in [0.25, 0.3) is 11.6 Å². The van der Waals surface area contributed by atoms with E-state index in [2.05, 4.69) is 5.32 Å². The molecule has 2 N–H and O–H groups in total. The summed E-state index contributed by atoms with van der Waals surface area (Å²) >= 11 is 0. The van der Waals surface area contributed by atoms with Crippen molar-refractivity contribution in [3.05, 3.63) is 39.4 Å². The predicted octanol–water partition coefficient (Wildman–Crippen LogP) is 2.13. The van der Waals surface area contributed by atoms with Crippen molar-refractivity contribution in [1.29, 1.82) is 0 Å². The van der Waals surface area contributed by atoms with Gasteiger partial charge >= 0.3 is 5.97 Å². The third-order valence-corrected chi connectivity index (χ3v) is 3.26. The summed E-state index contributed by atoms with van der Waals surface area (Å²) in [5.74, 6) is -1.52. The standard InChI is InChI=1S/C14H18N2O5/c1-3-10(6-13(17)18)8-15-14(19)11-5-4-9(2)12(7-11)16(20)21/h4-5,7,10H,3,6,8H2,1-2H3,(H,15,19)(H,17,18). The highest BCUT2D eigenvalue weighted by Gasteiger charge is 2.16. The van der Waals surface area contributed by atoms with Crippen LogP contribution >= 0.6 is 0 Å². The van der Waals surface area contributed by atoms with E-state index in [0.717, 1.165) is 0 Å². The second-order valence-corrected chi connectivity index (χ2v) is 4.84. The van der Waals surface area contributed by atoms with E-state index in [9.17, 15) is 19.7 Å². The molecule has 1 atom stereocenters. The minimum absolute atomic E-state index is 0.0230. The van der Waals surface area contributed by atoms with E-state index < -0.39 is 16.8 Å². The molecule has 0 aliphatic rings. The van der Waals surface area contributed by atoms with Crippen LogP contribution in [-0.4, -0.2) is 28.5 Å². The predicted molar refractivity (Wildman–Crippen MR) is 76.2 cm³/mol. The normalized spacial score (nSPS) is 11.7. The van der Waals surface area contributed by atoms with Crippen LogP contribution in [0.15, 0.2) is 18.2 Å². The van der Waals surface area contributed by atoms with Crippen molar-refractivity contribution in [1.82, 2.24) is 5.32 Å². The maximum atomic E-state index is 12.0. The van der Waals surface area contributed by atoms with Crippen molar-refractivity contribution in [3.8, 4) is 0 Å². The van der Waals surface area contributed by atoms with Crippen LogP contribution in [0.25, 0.3) is 0 Å². The number of nitrogens with zero attached hydrogens (tertiary/aromatic N) is 1. The molecule has 0 aliphatic carbocycles. The monoisotopic (exact) mass is 294 g/mol. The zero-order valence-electron chi connectivity index (χ0n) is 12.0. The summed E-state index contributed by atoms with van der Waals surface area (Å²) in [6, 6.07) is 4.25. The summed E-state index contributed by atoms with van der Waals surface area (Å²) in [6.07, 6.45) is 0.603. The number of aliphatic carboxylic acids is 1. The first-order chi connectivity index (χ1) is 9.85. The summed E-state index contributed by atoms with van der Waals surface area (Å²) in [5, 5.41) is 22.2. The molecule has 21 heavy (non-hydrogen) atoms. The van der Waals surface area contributed by atoms with Crippen molar-refractivity contribution in [2.24, 2.45) is 5.92 Å². The Morgan fingerprint density at radius 2 is 2.10 bits per heavy atom. The molecule has 0 fully saturated rings. The van der Waals surface area contributed by atoms with E-state index in [-0.39, 0.29) is 30.1 Å². The molecular weight excluding hydrogens is 276 g/mol. The molecular formula is C14H18N2O5. The Hall–Kier alpha value is -2.44. The van der Waals surface area contributed by atoms with Crippen molar-refractivity contribution in [2.45, 2.75) is 26.7 Å². The van der Waals surface area contributed by atoms with Gasteiger partial charge < -0.3 is 10.4 Å². The zero-order valence-corrected chi connectivity index (χ0v) is 12.0. The summed E-state index contributed by atoms with van der Waals surface area (Å²) in [7, 11) is 0. The number of carboxylic acid groups (broad SMARTS) is 1. The van der Waals surface area contributed by atoms with Gasteiger partial charge in [0.2, 0.25) is 0 Å². The lowest BCUT2D eigenvalue weighted by Gasteiger charge is -2.13. The highest BCUT2D eigenvalue weighted by Crippen LogP contribution is 2.19. The molecule has 7 heteroatoms. The van der Waals surface area contributed by atoms with Crippen molar-refractivity contribution in [2.75, 3.05) is 6.54 Å². The molecule has 0 saturated heterocycles. The Labute approximate surface area is 122 Å². The number of nitro groups is 1. The van der Waals surface area contributed by atoms with Crippen LogP contribution in [0.5, 0.6) is 0 Å². The van der Waals surface area contributed by atoms with Gasteiger partial charge in [0.05, 0.1) is 4.92 Å². The molecule has 1 aromatic rings. The Kier molecular flexibility index (Phi) is 5.83. The number of hydrogen-bond donors (Lipinski definition) is 2. The summed E-state index contributed by atoms with van der Waals surface area (Å²) in [4.78, 5) is 32.9. The maximum absolute atomic E-state index is 12.0. The zero-order chi connectivity index (χ0) is 16.0. The van der Waals surface area contributed by atoms with Crippen LogP contribution < -0.4 is 5.32 Å². The van der Waals surface area contributed by atoms with E-state index >= 15 is 0 Å². The third kappa shape index (κ3) is 4.87. The van der Waals surface area contributed by atoms with E-state index in [4.69, 9.17) is 5.11 Å². The van der Waals surface area contributed by atoms with E-state index in [1.165, 1.54) is 18.2 Å². The summed E-state index contributed by atoms with van der Waals surface area (Å²) < 4.78 is 0. The molecule has 0 heterocycles. The lowest BCUT2D eigenvalue weighted by Crippen LogP contribution is -2.30. The molecule has 7 nitrogen and oxygen atoms in total. The number of rotatable bonds is 7. The smallest absolute Gasteiger partial charge is 0.303 e. The lowest BCUT2D eigenvalue weighted by atomic mass is 10.0. The van der Waals surface area contributed by atoms with Crippen LogP contribution in [0.3, 0.4) is 0 Å². The molecule has 1 unspecified atom stereocenters. The van der Waals surface area contributed by atoms with E-state index in [1.54, 1.807) is 6.92 Å². The van der Waals surface area contributed by atoms with Crippen LogP contribution in [0.4, 0.5) is 5.69 Å². The minimum Gasteiger partial charge on any atom is -0.481 e. The fraction of sp³-hybridized carbons (Fsp3) is 0.429. The number of carbonyl (C=O) groups is 2. The molecule has 0 spiro atoms. The van der Waals surface area contributed by atoms with Gasteiger partial charge in [0.1, 0.15) is 0 Å². The second kappa shape index (κ2) is 7.37. The number of carboxylic acids is 1. The number of nitrogens with one attached hydrogen (secondary N) is 1. The largest absolute Gasteiger partial charge is 0.481 e. The Balaban J connectivity index is 2.74. The van der Waals surface area contributed by atoms with E-state index in [1.807, 2.05) is 6.92 Å². The second-order valence-electron chi connectivity index (χ2n) is 4.84. The Bertz CT molecular complexity index is 556. The first-order valence-electron chi connectivity index (χ1n) is 6.60. The van der Waals surface area contributed by atoms with Crippen molar-refractivity contribution in [3.63, 3.8) is 0 Å². The quantitative estimate of drug-likeness (QED) is 0.591. The molecule has 0 saturated carbocycles. The number of nitro benzene ring substituents is 1. The average molecular weight is 294 g/mol. The number of carbonyl (C=O) groups excluding carboxylic acids is 1. The first kappa shape index (κ1) is 16.6. The summed E-state index contributed by atoms with van der Waals surface area (Å²) in [6.45, 7) is 3.67. The van der Waals surface area contributed by atoms with Gasteiger partial charge in [-0.05, 0) is 18.9 Å². The minimum atomic E-state index is -0.915. The third-order valence-electron chi connectivity index (χ3n) is 3.26. The topological polar surface area (TPSA) is 110 Å². The van der Waals surface area contributed by atoms with Gasteiger partial charge in [-0.25, -0.2) is 0 Å². The van der Waals surface area contributed by atoms with Gasteiger partial charge in [0.15, 0.2) is 0 Å². The molecule has 0 radical (unpaired) electrons. The SMILES string of the molecule is CCC(CNC(=O)c1ccc(C)c([N+](=O)[O-])c1)CC(=O)O. The highest BCUT2D eigenvalue weighted by atomic mass is 16.6. The van der Waals surface area contributed by atoms with Gasteiger partial charge in [-0.15, -0.1) is 0 Å². The van der Waals surface area contributed by atoms with Gasteiger partial charge in [0, 0.05) is 30.2 Å². The van der Waals surface area contributed by atoms with Crippen molar-refractivity contribution >= 4 is 17.6 Å². The maximum Gasteiger partial charge on any atom is 0.303 e. The molecule has 1 amide bonds.